The fraction of sp³-hybridized carbons (Fsp3) is 0.647. The van der Waals surface area contributed by atoms with Crippen molar-refractivity contribution in [1.29, 1.82) is 0 Å². The van der Waals surface area contributed by atoms with Gasteiger partial charge in [-0.15, -0.1) is 0 Å². The normalized spacial score (nSPS) is 26.0. The van der Waals surface area contributed by atoms with Crippen LogP contribution in [-0.4, -0.2) is 34.9 Å². The molecule has 3 heterocycles. The first kappa shape index (κ1) is 14.5. The molecule has 2 aliphatic heterocycles. The zero-order chi connectivity index (χ0) is 14.5. The van der Waals surface area contributed by atoms with Crippen LogP contribution in [0.25, 0.3) is 0 Å². The van der Waals surface area contributed by atoms with Crippen LogP contribution in [0.5, 0.6) is 0 Å². The Morgan fingerprint density at radius 2 is 2.29 bits per heavy atom. The number of carbonyl (C=O) groups excluding carboxylic acids is 1. The second kappa shape index (κ2) is 7.03. The number of carbonyl (C=O) groups is 1. The number of amides is 1. The molecule has 3 rings (SSSR count). The van der Waals surface area contributed by atoms with Gasteiger partial charge in [0.2, 0.25) is 5.91 Å². The highest BCUT2D eigenvalue weighted by molar-refractivity contribution is 5.77. The minimum Gasteiger partial charge on any atom is -0.336 e. The Hall–Kier alpha value is -1.42. The molecule has 0 radical (unpaired) electrons. The summed E-state index contributed by atoms with van der Waals surface area (Å²) < 4.78 is 0. The van der Waals surface area contributed by atoms with Crippen molar-refractivity contribution < 1.29 is 4.79 Å². The number of hydrogen-bond acceptors (Lipinski definition) is 3. The predicted molar refractivity (Wildman–Crippen MR) is 82.8 cm³/mol. The van der Waals surface area contributed by atoms with E-state index in [9.17, 15) is 4.79 Å². The maximum absolute atomic E-state index is 12.5. The maximum Gasteiger partial charge on any atom is 0.223 e. The van der Waals surface area contributed by atoms with Crippen molar-refractivity contribution in [1.82, 2.24) is 15.2 Å². The van der Waals surface area contributed by atoms with E-state index < -0.39 is 0 Å². The lowest BCUT2D eigenvalue weighted by atomic mass is 10.00. The number of likely N-dealkylation sites (tertiary alicyclic amines) is 1. The maximum atomic E-state index is 12.5. The molecule has 1 aromatic heterocycles. The molecule has 0 bridgehead atoms. The van der Waals surface area contributed by atoms with Gasteiger partial charge in [0.1, 0.15) is 0 Å². The molecule has 0 aliphatic carbocycles. The van der Waals surface area contributed by atoms with Gasteiger partial charge in [0.05, 0.1) is 6.04 Å². The van der Waals surface area contributed by atoms with Crippen molar-refractivity contribution >= 4 is 5.91 Å². The third-order valence-corrected chi connectivity index (χ3v) is 4.76. The molecule has 2 saturated heterocycles. The summed E-state index contributed by atoms with van der Waals surface area (Å²) in [5.74, 6) is 0.314. The fourth-order valence-corrected chi connectivity index (χ4v) is 3.60. The first-order chi connectivity index (χ1) is 10.3. The van der Waals surface area contributed by atoms with E-state index in [1.807, 2.05) is 12.3 Å². The van der Waals surface area contributed by atoms with Crippen molar-refractivity contribution in [3.05, 3.63) is 30.1 Å². The first-order valence-electron chi connectivity index (χ1n) is 8.27. The highest BCUT2D eigenvalue weighted by atomic mass is 16.2. The number of hydrogen-bond donors (Lipinski definition) is 1. The minimum atomic E-state index is 0.241. The SMILES string of the molecule is O=C(CCC1CCCCN1)N1CCCC1c1cccnc1. The number of nitrogens with one attached hydrogen (secondary N) is 1. The van der Waals surface area contributed by atoms with Gasteiger partial charge in [-0.1, -0.05) is 12.5 Å². The molecular weight excluding hydrogens is 262 g/mol. The van der Waals surface area contributed by atoms with E-state index in [2.05, 4.69) is 21.3 Å². The van der Waals surface area contributed by atoms with Crippen molar-refractivity contribution in [3.8, 4) is 0 Å². The molecule has 0 aromatic carbocycles. The Kier molecular flexibility index (Phi) is 4.86. The zero-order valence-electron chi connectivity index (χ0n) is 12.6. The molecule has 114 valence electrons. The molecule has 1 aromatic rings. The Labute approximate surface area is 126 Å². The van der Waals surface area contributed by atoms with Crippen LogP contribution in [0.4, 0.5) is 0 Å². The van der Waals surface area contributed by atoms with Gasteiger partial charge in [-0.2, -0.15) is 0 Å². The number of rotatable bonds is 4. The van der Waals surface area contributed by atoms with E-state index in [4.69, 9.17) is 0 Å². The average molecular weight is 287 g/mol. The molecule has 2 aliphatic rings. The van der Waals surface area contributed by atoms with E-state index in [0.717, 1.165) is 32.4 Å². The zero-order valence-corrected chi connectivity index (χ0v) is 12.6. The number of nitrogens with zero attached hydrogens (tertiary/aromatic N) is 2. The van der Waals surface area contributed by atoms with Crippen molar-refractivity contribution in [2.45, 2.75) is 57.0 Å². The molecule has 4 nitrogen and oxygen atoms in total. The van der Waals surface area contributed by atoms with Crippen molar-refractivity contribution in [2.24, 2.45) is 0 Å². The molecule has 1 N–H and O–H groups in total. The van der Waals surface area contributed by atoms with Gasteiger partial charge in [-0.25, -0.2) is 0 Å². The first-order valence-corrected chi connectivity index (χ1v) is 8.27. The Morgan fingerprint density at radius 1 is 1.33 bits per heavy atom. The predicted octanol–water partition coefficient (Wildman–Crippen LogP) is 2.67. The third kappa shape index (κ3) is 3.62. The van der Waals surface area contributed by atoms with Crippen LogP contribution in [0.15, 0.2) is 24.5 Å². The van der Waals surface area contributed by atoms with Crippen LogP contribution in [-0.2, 0) is 4.79 Å². The second-order valence-corrected chi connectivity index (χ2v) is 6.22. The average Bonchev–Trinajstić information content (AvgIpc) is 3.04. The Balaban J connectivity index is 1.55. The van der Waals surface area contributed by atoms with Gasteiger partial charge < -0.3 is 10.2 Å². The molecule has 0 spiro atoms. The van der Waals surface area contributed by atoms with Crippen LogP contribution in [0.1, 0.15) is 56.6 Å². The third-order valence-electron chi connectivity index (χ3n) is 4.76. The highest BCUT2D eigenvalue weighted by Crippen LogP contribution is 2.32. The van der Waals surface area contributed by atoms with Crippen LogP contribution >= 0.6 is 0 Å². The van der Waals surface area contributed by atoms with Crippen LogP contribution < -0.4 is 5.32 Å². The number of piperidine rings is 1. The van der Waals surface area contributed by atoms with Gasteiger partial charge in [0.15, 0.2) is 0 Å². The Morgan fingerprint density at radius 3 is 3.05 bits per heavy atom. The number of pyridine rings is 1. The van der Waals surface area contributed by atoms with Crippen molar-refractivity contribution in [3.63, 3.8) is 0 Å². The van der Waals surface area contributed by atoms with Gasteiger partial charge >= 0.3 is 0 Å². The molecule has 21 heavy (non-hydrogen) atoms. The fourth-order valence-electron chi connectivity index (χ4n) is 3.60. The van der Waals surface area contributed by atoms with Crippen molar-refractivity contribution in [2.75, 3.05) is 13.1 Å². The lowest BCUT2D eigenvalue weighted by Crippen LogP contribution is -2.36. The van der Waals surface area contributed by atoms with Gasteiger partial charge in [0.25, 0.3) is 0 Å². The standard InChI is InChI=1S/C17H25N3O/c21-17(9-8-15-6-1-2-11-19-15)20-12-4-7-16(20)14-5-3-10-18-13-14/h3,5,10,13,15-16,19H,1-2,4,6-9,11-12H2. The molecule has 0 saturated carbocycles. The summed E-state index contributed by atoms with van der Waals surface area (Å²) in [4.78, 5) is 18.8. The van der Waals surface area contributed by atoms with Gasteiger partial charge in [-0.05, 0) is 50.3 Å². The molecule has 4 heteroatoms. The molecule has 2 fully saturated rings. The summed E-state index contributed by atoms with van der Waals surface area (Å²) in [7, 11) is 0. The summed E-state index contributed by atoms with van der Waals surface area (Å²) in [6, 6.07) is 4.83. The number of aromatic nitrogens is 1. The summed E-state index contributed by atoms with van der Waals surface area (Å²) in [5, 5.41) is 3.53. The largest absolute Gasteiger partial charge is 0.336 e. The van der Waals surface area contributed by atoms with E-state index >= 15 is 0 Å². The van der Waals surface area contributed by atoms with Crippen LogP contribution in [0.2, 0.25) is 0 Å². The Bertz CT molecular complexity index is 456. The summed E-state index contributed by atoms with van der Waals surface area (Å²) >= 11 is 0. The van der Waals surface area contributed by atoms with E-state index in [1.165, 1.54) is 24.8 Å². The van der Waals surface area contributed by atoms with Gasteiger partial charge in [0, 0.05) is 31.4 Å². The topological polar surface area (TPSA) is 45.2 Å². The highest BCUT2D eigenvalue weighted by Gasteiger charge is 2.30. The lowest BCUT2D eigenvalue weighted by molar-refractivity contribution is -0.132. The van der Waals surface area contributed by atoms with Crippen LogP contribution in [0, 0.1) is 0 Å². The smallest absolute Gasteiger partial charge is 0.223 e. The lowest BCUT2D eigenvalue weighted by Gasteiger charge is -2.27. The van der Waals surface area contributed by atoms with E-state index in [-0.39, 0.29) is 6.04 Å². The molecular formula is C17H25N3O. The summed E-state index contributed by atoms with van der Waals surface area (Å²) in [6.45, 7) is 2.01. The second-order valence-electron chi connectivity index (χ2n) is 6.22. The van der Waals surface area contributed by atoms with Gasteiger partial charge in [-0.3, -0.25) is 9.78 Å². The summed E-state index contributed by atoms with van der Waals surface area (Å²) in [5.41, 5.74) is 1.18. The summed E-state index contributed by atoms with van der Waals surface area (Å²) in [6.07, 6.45) is 11.3. The van der Waals surface area contributed by atoms with E-state index in [0.29, 0.717) is 18.4 Å². The molecule has 2 atom stereocenters. The molecule has 1 amide bonds. The molecule has 2 unspecified atom stereocenters. The van der Waals surface area contributed by atoms with E-state index in [1.54, 1.807) is 6.20 Å². The monoisotopic (exact) mass is 287 g/mol. The minimum absolute atomic E-state index is 0.241. The quantitative estimate of drug-likeness (QED) is 0.926. The van der Waals surface area contributed by atoms with Crippen LogP contribution in [0.3, 0.4) is 0 Å².